The number of aryl methyl sites for hydroxylation is 1. The Morgan fingerprint density at radius 2 is 2.14 bits per heavy atom. The first kappa shape index (κ1) is 9.90. The van der Waals surface area contributed by atoms with Crippen molar-refractivity contribution in [2.24, 2.45) is 0 Å². The third-order valence-corrected chi connectivity index (χ3v) is 3.78. The Balaban J connectivity index is 2.50. The molecule has 0 atom stereocenters. The molecule has 1 aromatic rings. The Morgan fingerprint density at radius 3 is 2.57 bits per heavy atom. The number of nitrogens with zero attached hydrogens (tertiary/aromatic N) is 2. The summed E-state index contributed by atoms with van der Waals surface area (Å²) in [6, 6.07) is 0. The van der Waals surface area contributed by atoms with Gasteiger partial charge in [0.2, 0.25) is 0 Å². The van der Waals surface area contributed by atoms with Crippen LogP contribution >= 0.6 is 12.2 Å². The number of nitrogens with one attached hydrogen (secondary N) is 1. The van der Waals surface area contributed by atoms with Crippen LogP contribution < -0.4 is 0 Å². The maximum absolute atomic E-state index is 5.29. The standard InChI is InChI=1S/C10H17N3S/c1-3-10(6-4-5-7-10)13-8(2)11-12-9(13)14/h3-7H2,1-2H3,(H,12,14). The van der Waals surface area contributed by atoms with Crippen molar-refractivity contribution in [3.8, 4) is 0 Å². The molecule has 0 saturated heterocycles. The molecule has 0 amide bonds. The molecule has 0 bridgehead atoms. The molecule has 1 heterocycles. The molecule has 0 radical (unpaired) electrons. The summed E-state index contributed by atoms with van der Waals surface area (Å²) in [5, 5.41) is 7.09. The summed E-state index contributed by atoms with van der Waals surface area (Å²) >= 11 is 5.29. The minimum atomic E-state index is 0.258. The van der Waals surface area contributed by atoms with Crippen molar-refractivity contribution in [3.05, 3.63) is 10.6 Å². The predicted octanol–water partition coefficient (Wildman–Crippen LogP) is 2.93. The summed E-state index contributed by atoms with van der Waals surface area (Å²) in [6.45, 7) is 4.28. The smallest absolute Gasteiger partial charge is 0.195 e. The number of hydrogen-bond donors (Lipinski definition) is 1. The largest absolute Gasteiger partial charge is 0.298 e. The van der Waals surface area contributed by atoms with Gasteiger partial charge in [-0.15, -0.1) is 0 Å². The number of H-pyrrole nitrogens is 1. The maximum Gasteiger partial charge on any atom is 0.195 e. The van der Waals surface area contributed by atoms with E-state index in [1.807, 2.05) is 6.92 Å². The predicted molar refractivity (Wildman–Crippen MR) is 58.9 cm³/mol. The summed E-state index contributed by atoms with van der Waals surface area (Å²) in [5.41, 5.74) is 0.258. The highest BCUT2D eigenvalue weighted by molar-refractivity contribution is 7.71. The van der Waals surface area contributed by atoms with Crippen molar-refractivity contribution < 1.29 is 0 Å². The van der Waals surface area contributed by atoms with Gasteiger partial charge in [0.1, 0.15) is 5.82 Å². The molecule has 14 heavy (non-hydrogen) atoms. The Kier molecular flexibility index (Phi) is 2.47. The first-order valence-corrected chi connectivity index (χ1v) is 5.75. The van der Waals surface area contributed by atoms with Crippen LogP contribution in [0.4, 0.5) is 0 Å². The second-order valence-electron chi connectivity index (χ2n) is 4.20. The van der Waals surface area contributed by atoms with Gasteiger partial charge in [-0.3, -0.25) is 9.67 Å². The lowest BCUT2D eigenvalue weighted by Crippen LogP contribution is -2.30. The van der Waals surface area contributed by atoms with Gasteiger partial charge in [0, 0.05) is 5.54 Å². The Hall–Kier alpha value is -0.640. The molecule has 1 fully saturated rings. The van der Waals surface area contributed by atoms with E-state index in [0.717, 1.165) is 17.0 Å². The average Bonchev–Trinajstić information content (AvgIpc) is 2.75. The minimum Gasteiger partial charge on any atom is -0.298 e. The van der Waals surface area contributed by atoms with Crippen molar-refractivity contribution in [3.63, 3.8) is 0 Å². The third kappa shape index (κ3) is 1.32. The highest BCUT2D eigenvalue weighted by atomic mass is 32.1. The van der Waals surface area contributed by atoms with E-state index in [1.165, 1.54) is 25.7 Å². The molecule has 1 N–H and O–H groups in total. The zero-order valence-corrected chi connectivity index (χ0v) is 9.65. The number of hydrogen-bond acceptors (Lipinski definition) is 2. The van der Waals surface area contributed by atoms with Crippen molar-refractivity contribution >= 4 is 12.2 Å². The van der Waals surface area contributed by atoms with Gasteiger partial charge in [0.05, 0.1) is 0 Å². The van der Waals surface area contributed by atoms with Gasteiger partial charge < -0.3 is 0 Å². The molecular weight excluding hydrogens is 194 g/mol. The third-order valence-electron chi connectivity index (χ3n) is 3.51. The van der Waals surface area contributed by atoms with E-state index in [1.54, 1.807) is 0 Å². The lowest BCUT2D eigenvalue weighted by atomic mass is 9.94. The molecule has 0 aliphatic heterocycles. The maximum atomic E-state index is 5.29. The second-order valence-corrected chi connectivity index (χ2v) is 4.58. The molecule has 0 unspecified atom stereocenters. The first-order chi connectivity index (χ1) is 6.69. The molecule has 1 aliphatic rings. The van der Waals surface area contributed by atoms with Crippen LogP contribution in [0.2, 0.25) is 0 Å². The summed E-state index contributed by atoms with van der Waals surface area (Å²) in [6.07, 6.45) is 6.29. The molecule has 1 aliphatic carbocycles. The zero-order valence-electron chi connectivity index (χ0n) is 8.84. The highest BCUT2D eigenvalue weighted by Crippen LogP contribution is 2.39. The van der Waals surface area contributed by atoms with E-state index in [0.29, 0.717) is 0 Å². The van der Waals surface area contributed by atoms with Crippen LogP contribution in [-0.4, -0.2) is 14.8 Å². The van der Waals surface area contributed by atoms with E-state index in [4.69, 9.17) is 12.2 Å². The Labute approximate surface area is 89.5 Å². The molecule has 2 rings (SSSR count). The van der Waals surface area contributed by atoms with E-state index in [2.05, 4.69) is 21.7 Å². The quantitative estimate of drug-likeness (QED) is 0.763. The fourth-order valence-electron chi connectivity index (χ4n) is 2.70. The first-order valence-electron chi connectivity index (χ1n) is 5.34. The van der Waals surface area contributed by atoms with Gasteiger partial charge in [-0.2, -0.15) is 5.10 Å². The SMILES string of the molecule is CCC1(n2c(C)n[nH]c2=S)CCCC1. The van der Waals surface area contributed by atoms with Gasteiger partial charge in [-0.1, -0.05) is 19.8 Å². The molecular formula is C10H17N3S. The second kappa shape index (κ2) is 3.50. The lowest BCUT2D eigenvalue weighted by molar-refractivity contribution is 0.272. The Bertz CT molecular complexity index is 371. The van der Waals surface area contributed by atoms with Gasteiger partial charge in [0.25, 0.3) is 0 Å². The fraction of sp³-hybridized carbons (Fsp3) is 0.800. The topological polar surface area (TPSA) is 33.6 Å². The van der Waals surface area contributed by atoms with Gasteiger partial charge >= 0.3 is 0 Å². The van der Waals surface area contributed by atoms with Crippen LogP contribution in [0.1, 0.15) is 44.9 Å². The Morgan fingerprint density at radius 1 is 1.50 bits per heavy atom. The average molecular weight is 211 g/mol. The van der Waals surface area contributed by atoms with Crippen LogP contribution in [0, 0.1) is 11.7 Å². The van der Waals surface area contributed by atoms with Gasteiger partial charge in [-0.25, -0.2) is 0 Å². The van der Waals surface area contributed by atoms with Crippen molar-refractivity contribution in [1.82, 2.24) is 14.8 Å². The van der Waals surface area contributed by atoms with Crippen molar-refractivity contribution in [2.45, 2.75) is 51.5 Å². The summed E-state index contributed by atoms with van der Waals surface area (Å²) in [5.74, 6) is 1.03. The van der Waals surface area contributed by atoms with E-state index >= 15 is 0 Å². The number of rotatable bonds is 2. The molecule has 0 spiro atoms. The number of aromatic amines is 1. The highest BCUT2D eigenvalue weighted by Gasteiger charge is 2.35. The van der Waals surface area contributed by atoms with Crippen molar-refractivity contribution in [1.29, 1.82) is 0 Å². The zero-order chi connectivity index (χ0) is 10.2. The summed E-state index contributed by atoms with van der Waals surface area (Å²) in [4.78, 5) is 0. The number of aromatic nitrogens is 3. The van der Waals surface area contributed by atoms with Crippen molar-refractivity contribution in [2.75, 3.05) is 0 Å². The summed E-state index contributed by atoms with van der Waals surface area (Å²) < 4.78 is 3.02. The molecule has 1 aromatic heterocycles. The molecule has 78 valence electrons. The monoisotopic (exact) mass is 211 g/mol. The van der Waals surface area contributed by atoms with Crippen LogP contribution in [0.25, 0.3) is 0 Å². The van der Waals surface area contributed by atoms with E-state index < -0.39 is 0 Å². The van der Waals surface area contributed by atoms with Gasteiger partial charge in [0.15, 0.2) is 4.77 Å². The molecule has 3 nitrogen and oxygen atoms in total. The van der Waals surface area contributed by atoms with Crippen LogP contribution in [0.5, 0.6) is 0 Å². The molecule has 4 heteroatoms. The molecule has 1 saturated carbocycles. The van der Waals surface area contributed by atoms with E-state index in [-0.39, 0.29) is 5.54 Å². The van der Waals surface area contributed by atoms with E-state index in [9.17, 15) is 0 Å². The summed E-state index contributed by atoms with van der Waals surface area (Å²) in [7, 11) is 0. The fourth-order valence-corrected chi connectivity index (χ4v) is 3.07. The normalized spacial score (nSPS) is 20.1. The molecule has 0 aromatic carbocycles. The van der Waals surface area contributed by atoms with Crippen LogP contribution in [0.3, 0.4) is 0 Å². The van der Waals surface area contributed by atoms with Crippen LogP contribution in [-0.2, 0) is 5.54 Å². The van der Waals surface area contributed by atoms with Gasteiger partial charge in [-0.05, 0) is 38.4 Å². The van der Waals surface area contributed by atoms with Crippen LogP contribution in [0.15, 0.2) is 0 Å². The lowest BCUT2D eigenvalue weighted by Gasteiger charge is -2.30. The minimum absolute atomic E-state index is 0.258.